The second-order valence-electron chi connectivity index (χ2n) is 13.0. The molecule has 10 aromatic rings. The van der Waals surface area contributed by atoms with Crippen molar-refractivity contribution in [3.05, 3.63) is 182 Å². The molecule has 4 nitrogen and oxygen atoms in total. The Kier molecular flexibility index (Phi) is 7.63. The van der Waals surface area contributed by atoms with Crippen LogP contribution in [0.3, 0.4) is 0 Å². The molecule has 3 heterocycles. The molecule has 0 N–H and O–H groups in total. The van der Waals surface area contributed by atoms with Gasteiger partial charge in [-0.05, 0) is 29.1 Å². The van der Waals surface area contributed by atoms with Crippen molar-refractivity contribution in [1.29, 1.82) is 0 Å². The van der Waals surface area contributed by atoms with Gasteiger partial charge in [0.05, 0.1) is 11.4 Å². The van der Waals surface area contributed by atoms with Crippen LogP contribution in [0.4, 0.5) is 0 Å². The molecule has 53 heavy (non-hydrogen) atoms. The number of nitrogens with zero attached hydrogens (tertiary/aromatic N) is 4. The molecule has 0 fully saturated rings. The van der Waals surface area contributed by atoms with E-state index in [-0.39, 0.29) is 0 Å². The van der Waals surface area contributed by atoms with Gasteiger partial charge in [-0.2, -0.15) is 0 Å². The molecule has 0 spiro atoms. The van der Waals surface area contributed by atoms with Gasteiger partial charge >= 0.3 is 0 Å². The molecule has 0 unspecified atom stereocenters. The van der Waals surface area contributed by atoms with Crippen molar-refractivity contribution in [1.82, 2.24) is 19.9 Å². The Morgan fingerprint density at radius 2 is 0.925 bits per heavy atom. The summed E-state index contributed by atoms with van der Waals surface area (Å²) in [4.78, 5) is 20.8. The average Bonchev–Trinajstić information content (AvgIpc) is 3.63. The van der Waals surface area contributed by atoms with Gasteiger partial charge in [0.1, 0.15) is 0 Å². The van der Waals surface area contributed by atoms with Crippen LogP contribution in [-0.2, 0) is 0 Å². The van der Waals surface area contributed by atoms with Crippen molar-refractivity contribution in [3.63, 3.8) is 0 Å². The van der Waals surface area contributed by atoms with E-state index < -0.39 is 0 Å². The van der Waals surface area contributed by atoms with Crippen LogP contribution in [-0.4, -0.2) is 19.9 Å². The monoisotopic (exact) mass is 694 g/mol. The number of hydrogen-bond donors (Lipinski definition) is 0. The van der Waals surface area contributed by atoms with Crippen LogP contribution in [0.15, 0.2) is 182 Å². The Morgan fingerprint density at radius 1 is 0.340 bits per heavy atom. The summed E-state index contributed by atoms with van der Waals surface area (Å²) in [5.41, 5.74) is 8.88. The summed E-state index contributed by atoms with van der Waals surface area (Å²) >= 11 is 1.82. The van der Waals surface area contributed by atoms with Crippen molar-refractivity contribution < 1.29 is 0 Å². The quantitative estimate of drug-likeness (QED) is 0.174. The maximum atomic E-state index is 5.34. The van der Waals surface area contributed by atoms with E-state index in [0.717, 1.165) is 61.1 Å². The van der Waals surface area contributed by atoms with Gasteiger partial charge in [-0.25, -0.2) is 19.9 Å². The van der Waals surface area contributed by atoms with Gasteiger partial charge in [-0.15, -0.1) is 11.3 Å². The van der Waals surface area contributed by atoms with Crippen LogP contribution >= 0.6 is 11.3 Å². The second-order valence-corrected chi connectivity index (χ2v) is 14.1. The molecular formula is C48H30N4S. The van der Waals surface area contributed by atoms with E-state index in [2.05, 4.69) is 115 Å². The van der Waals surface area contributed by atoms with Crippen LogP contribution < -0.4 is 0 Å². The predicted molar refractivity (Wildman–Crippen MR) is 221 cm³/mol. The number of aromatic nitrogens is 4. The van der Waals surface area contributed by atoms with Crippen LogP contribution in [0.25, 0.3) is 98.7 Å². The summed E-state index contributed by atoms with van der Waals surface area (Å²) in [6.45, 7) is 0. The summed E-state index contributed by atoms with van der Waals surface area (Å²) < 4.78 is 2.50. The van der Waals surface area contributed by atoms with Gasteiger partial charge in [-0.1, -0.05) is 164 Å². The molecule has 248 valence electrons. The summed E-state index contributed by atoms with van der Waals surface area (Å²) in [6, 6.07) is 63.2. The van der Waals surface area contributed by atoms with Gasteiger partial charge < -0.3 is 0 Å². The number of benzene rings is 7. The van der Waals surface area contributed by atoms with Gasteiger partial charge in [0.2, 0.25) is 0 Å². The molecule has 0 saturated heterocycles. The molecule has 7 aromatic carbocycles. The van der Waals surface area contributed by atoms with E-state index in [1.807, 2.05) is 78.1 Å². The fourth-order valence-corrected chi connectivity index (χ4v) is 8.40. The fourth-order valence-electron chi connectivity index (χ4n) is 7.17. The Hall–Kier alpha value is -6.82. The van der Waals surface area contributed by atoms with Crippen LogP contribution in [0, 0.1) is 0 Å². The molecule has 0 atom stereocenters. The molecule has 0 radical (unpaired) electrons. The molecule has 0 aliphatic rings. The summed E-state index contributed by atoms with van der Waals surface area (Å²) in [5, 5.41) is 4.76. The first-order valence-corrected chi connectivity index (χ1v) is 18.5. The van der Waals surface area contributed by atoms with Crippen molar-refractivity contribution in [2.24, 2.45) is 0 Å². The third kappa shape index (κ3) is 5.64. The van der Waals surface area contributed by atoms with Crippen LogP contribution in [0.5, 0.6) is 0 Å². The Bertz CT molecular complexity index is 2880. The Labute approximate surface area is 310 Å². The van der Waals surface area contributed by atoms with Crippen molar-refractivity contribution in [3.8, 4) is 67.8 Å². The second kappa shape index (κ2) is 13.1. The maximum absolute atomic E-state index is 5.34. The predicted octanol–water partition coefficient (Wildman–Crippen LogP) is 12.8. The Balaban J connectivity index is 1.26. The molecule has 0 aliphatic heterocycles. The highest BCUT2D eigenvalue weighted by Crippen LogP contribution is 2.44. The molecule has 5 heteroatoms. The molecule has 0 saturated carbocycles. The minimum Gasteiger partial charge on any atom is -0.247 e. The normalized spacial score (nSPS) is 11.4. The minimum absolute atomic E-state index is 0.608. The van der Waals surface area contributed by atoms with E-state index in [1.165, 1.54) is 20.2 Å². The largest absolute Gasteiger partial charge is 0.247 e. The first kappa shape index (κ1) is 31.0. The smallest absolute Gasteiger partial charge is 0.164 e. The number of rotatable bonds is 6. The highest BCUT2D eigenvalue weighted by atomic mass is 32.1. The topological polar surface area (TPSA) is 51.6 Å². The van der Waals surface area contributed by atoms with Crippen molar-refractivity contribution in [2.75, 3.05) is 0 Å². The number of fused-ring (bicyclic) bond motifs is 4. The van der Waals surface area contributed by atoms with E-state index in [0.29, 0.717) is 17.5 Å². The first-order valence-electron chi connectivity index (χ1n) is 17.6. The third-order valence-corrected chi connectivity index (χ3v) is 11.0. The van der Waals surface area contributed by atoms with Gasteiger partial charge in [-0.3, -0.25) is 0 Å². The lowest BCUT2D eigenvalue weighted by Gasteiger charge is -2.15. The zero-order valence-corrected chi connectivity index (χ0v) is 29.3. The lowest BCUT2D eigenvalue weighted by atomic mass is 9.94. The van der Waals surface area contributed by atoms with Gasteiger partial charge in [0.15, 0.2) is 17.5 Å². The lowest BCUT2D eigenvalue weighted by molar-refractivity contribution is 1.07. The molecule has 0 bridgehead atoms. The molecule has 0 amide bonds. The highest BCUT2D eigenvalue weighted by Gasteiger charge is 2.20. The zero-order valence-electron chi connectivity index (χ0n) is 28.5. The number of pyridine rings is 1. The summed E-state index contributed by atoms with van der Waals surface area (Å²) in [6.07, 6.45) is 0. The third-order valence-electron chi connectivity index (χ3n) is 9.74. The first-order chi connectivity index (χ1) is 26.3. The van der Waals surface area contributed by atoms with Crippen LogP contribution in [0.1, 0.15) is 0 Å². The van der Waals surface area contributed by atoms with Crippen molar-refractivity contribution >= 4 is 42.3 Å². The minimum atomic E-state index is 0.608. The standard InChI is InChI=1S/C48H30N4S/c1-4-15-31(16-5-1)44-36-22-11-10-21-34(36)30-42(49-44)35-27-28-37(39-24-14-25-40-38-23-12-13-26-43(38)53-45(39)40)41(29-35)48-51-46(32-17-6-2-7-18-32)50-47(52-48)33-19-8-3-9-20-33/h1-30H. The van der Waals surface area contributed by atoms with Crippen molar-refractivity contribution in [2.45, 2.75) is 0 Å². The number of thiophene rings is 1. The molecule has 10 rings (SSSR count). The Morgan fingerprint density at radius 3 is 1.64 bits per heavy atom. The number of hydrogen-bond acceptors (Lipinski definition) is 5. The van der Waals surface area contributed by atoms with E-state index in [1.54, 1.807) is 0 Å². The fraction of sp³-hybridized carbons (Fsp3) is 0. The molecular weight excluding hydrogens is 665 g/mol. The highest BCUT2D eigenvalue weighted by molar-refractivity contribution is 7.26. The van der Waals surface area contributed by atoms with E-state index in [4.69, 9.17) is 19.9 Å². The summed E-state index contributed by atoms with van der Waals surface area (Å²) in [7, 11) is 0. The molecule has 3 aromatic heterocycles. The maximum Gasteiger partial charge on any atom is 0.164 e. The van der Waals surface area contributed by atoms with Gasteiger partial charge in [0.25, 0.3) is 0 Å². The average molecular weight is 695 g/mol. The molecule has 0 aliphatic carbocycles. The SMILES string of the molecule is c1ccc(-c2nc(-c3ccccc3)nc(-c3cc(-c4cc5ccccc5c(-c5ccccc5)n4)ccc3-c3cccc4c3sc3ccccc34)n2)cc1. The van der Waals surface area contributed by atoms with E-state index in [9.17, 15) is 0 Å². The van der Waals surface area contributed by atoms with Gasteiger partial charge in [0, 0.05) is 58.9 Å². The summed E-state index contributed by atoms with van der Waals surface area (Å²) in [5.74, 6) is 1.86. The van der Waals surface area contributed by atoms with Crippen LogP contribution in [0.2, 0.25) is 0 Å². The lowest BCUT2D eigenvalue weighted by Crippen LogP contribution is -2.01. The van der Waals surface area contributed by atoms with E-state index >= 15 is 0 Å². The zero-order chi connectivity index (χ0) is 35.1.